The molecule has 0 atom stereocenters. The van der Waals surface area contributed by atoms with Gasteiger partial charge in [-0.15, -0.1) is 0 Å². The second-order valence-electron chi connectivity index (χ2n) is 6.16. The summed E-state index contributed by atoms with van der Waals surface area (Å²) in [5.41, 5.74) is 8.42. The summed E-state index contributed by atoms with van der Waals surface area (Å²) < 4.78 is 0.998. The molecule has 3 aromatic carbocycles. The monoisotopic (exact) mass is 470 g/mol. The second-order valence-corrected chi connectivity index (χ2v) is 7.32. The van der Waals surface area contributed by atoms with Crippen molar-refractivity contribution in [3.63, 3.8) is 0 Å². The highest BCUT2D eigenvalue weighted by Crippen LogP contribution is 2.24. The molecule has 3 aromatic rings. The fourth-order valence-electron chi connectivity index (χ4n) is 2.78. The maximum Gasteiger partial charge on any atom is 0.269 e. The Kier molecular flexibility index (Phi) is 6.24. The van der Waals surface area contributed by atoms with Gasteiger partial charge >= 0.3 is 0 Å². The SMILES string of the molecule is Cc1ccc(C(=O)NNC(=O)C(c2ccccc2)c2ccccc2)cc1I. The Morgan fingerprint density at radius 3 is 1.89 bits per heavy atom. The van der Waals surface area contributed by atoms with Gasteiger partial charge in [0.15, 0.2) is 0 Å². The summed E-state index contributed by atoms with van der Waals surface area (Å²) in [6.45, 7) is 1.98. The van der Waals surface area contributed by atoms with Crippen molar-refractivity contribution in [2.24, 2.45) is 0 Å². The van der Waals surface area contributed by atoms with E-state index in [1.165, 1.54) is 0 Å². The minimum atomic E-state index is -0.508. The first kappa shape index (κ1) is 19.1. The number of halogens is 1. The number of benzene rings is 3. The Balaban J connectivity index is 1.77. The zero-order valence-corrected chi connectivity index (χ0v) is 16.9. The third-order valence-corrected chi connectivity index (χ3v) is 5.42. The molecule has 2 amide bonds. The lowest BCUT2D eigenvalue weighted by Crippen LogP contribution is -2.44. The molecule has 0 radical (unpaired) electrons. The zero-order valence-electron chi connectivity index (χ0n) is 14.8. The summed E-state index contributed by atoms with van der Waals surface area (Å²) >= 11 is 2.18. The molecule has 0 heterocycles. The fraction of sp³-hybridized carbons (Fsp3) is 0.0909. The average Bonchev–Trinajstić information content (AvgIpc) is 2.70. The number of nitrogens with one attached hydrogen (secondary N) is 2. The van der Waals surface area contributed by atoms with Crippen LogP contribution in [0, 0.1) is 10.5 Å². The van der Waals surface area contributed by atoms with Crippen LogP contribution in [0.3, 0.4) is 0 Å². The van der Waals surface area contributed by atoms with Crippen LogP contribution >= 0.6 is 22.6 Å². The maximum atomic E-state index is 12.9. The fourth-order valence-corrected chi connectivity index (χ4v) is 3.30. The molecule has 0 bridgehead atoms. The molecular weight excluding hydrogens is 451 g/mol. The number of hydrogen-bond acceptors (Lipinski definition) is 2. The van der Waals surface area contributed by atoms with Crippen LogP contribution in [-0.4, -0.2) is 11.8 Å². The minimum absolute atomic E-state index is 0.289. The molecular formula is C22H19IN2O2. The van der Waals surface area contributed by atoms with Crippen molar-refractivity contribution >= 4 is 34.4 Å². The Morgan fingerprint density at radius 1 is 0.815 bits per heavy atom. The van der Waals surface area contributed by atoms with E-state index < -0.39 is 5.92 Å². The van der Waals surface area contributed by atoms with Gasteiger partial charge in [0.25, 0.3) is 5.91 Å². The Bertz CT molecular complexity index is 904. The Morgan fingerprint density at radius 2 is 1.37 bits per heavy atom. The highest BCUT2D eigenvalue weighted by atomic mass is 127. The van der Waals surface area contributed by atoms with Crippen molar-refractivity contribution in [2.45, 2.75) is 12.8 Å². The molecule has 0 fully saturated rings. The molecule has 0 saturated heterocycles. The summed E-state index contributed by atoms with van der Waals surface area (Å²) in [5, 5.41) is 0. The summed E-state index contributed by atoms with van der Waals surface area (Å²) in [4.78, 5) is 25.3. The van der Waals surface area contributed by atoms with Crippen molar-refractivity contribution in [3.05, 3.63) is 105 Å². The van der Waals surface area contributed by atoms with Gasteiger partial charge in [-0.2, -0.15) is 0 Å². The quantitative estimate of drug-likeness (QED) is 0.444. The number of rotatable bonds is 4. The maximum absolute atomic E-state index is 12.9. The molecule has 136 valence electrons. The zero-order chi connectivity index (χ0) is 19.2. The van der Waals surface area contributed by atoms with Gasteiger partial charge in [-0.3, -0.25) is 20.4 Å². The second kappa shape index (κ2) is 8.81. The predicted molar refractivity (Wildman–Crippen MR) is 114 cm³/mol. The van der Waals surface area contributed by atoms with Gasteiger partial charge in [-0.05, 0) is 58.3 Å². The number of amides is 2. The molecule has 3 rings (SSSR count). The van der Waals surface area contributed by atoms with E-state index in [0.717, 1.165) is 20.3 Å². The summed E-state index contributed by atoms with van der Waals surface area (Å²) in [5.74, 6) is -1.14. The van der Waals surface area contributed by atoms with Crippen molar-refractivity contribution in [1.82, 2.24) is 10.9 Å². The largest absolute Gasteiger partial charge is 0.272 e. The van der Waals surface area contributed by atoms with Crippen molar-refractivity contribution < 1.29 is 9.59 Å². The van der Waals surface area contributed by atoms with E-state index in [1.54, 1.807) is 12.1 Å². The standard InChI is InChI=1S/C22H19IN2O2/c1-15-12-13-18(14-19(15)23)21(26)24-25-22(27)20(16-8-4-2-5-9-16)17-10-6-3-7-11-17/h2-14,20H,1H3,(H,24,26)(H,25,27). The molecule has 0 spiro atoms. The molecule has 2 N–H and O–H groups in total. The number of hydrazine groups is 1. The van der Waals surface area contributed by atoms with Crippen molar-refractivity contribution in [1.29, 1.82) is 0 Å². The summed E-state index contributed by atoms with van der Waals surface area (Å²) in [7, 11) is 0. The summed E-state index contributed by atoms with van der Waals surface area (Å²) in [6.07, 6.45) is 0. The van der Waals surface area contributed by atoms with Crippen LogP contribution in [0.4, 0.5) is 0 Å². The van der Waals surface area contributed by atoms with Crippen LogP contribution in [-0.2, 0) is 4.79 Å². The highest BCUT2D eigenvalue weighted by molar-refractivity contribution is 14.1. The third kappa shape index (κ3) is 4.74. The molecule has 0 unspecified atom stereocenters. The van der Waals surface area contributed by atoms with Gasteiger partial charge in [-0.1, -0.05) is 66.7 Å². The lowest BCUT2D eigenvalue weighted by atomic mass is 9.91. The molecule has 0 aliphatic rings. The van der Waals surface area contributed by atoms with Crippen LogP contribution in [0.2, 0.25) is 0 Å². The van der Waals surface area contributed by atoms with Crippen LogP contribution in [0.1, 0.15) is 33.0 Å². The van der Waals surface area contributed by atoms with Gasteiger partial charge < -0.3 is 0 Å². The van der Waals surface area contributed by atoms with Gasteiger partial charge in [-0.25, -0.2) is 0 Å². The normalized spacial score (nSPS) is 10.5. The molecule has 5 heteroatoms. The first-order valence-electron chi connectivity index (χ1n) is 8.52. The van der Waals surface area contributed by atoms with Gasteiger partial charge in [0, 0.05) is 9.13 Å². The first-order chi connectivity index (χ1) is 13.1. The van der Waals surface area contributed by atoms with Crippen LogP contribution in [0.15, 0.2) is 78.9 Å². The molecule has 0 saturated carbocycles. The van der Waals surface area contributed by atoms with Gasteiger partial charge in [0.05, 0.1) is 5.92 Å². The van der Waals surface area contributed by atoms with Crippen LogP contribution in [0.25, 0.3) is 0 Å². The van der Waals surface area contributed by atoms with Crippen LogP contribution in [0.5, 0.6) is 0 Å². The van der Waals surface area contributed by atoms with E-state index >= 15 is 0 Å². The molecule has 27 heavy (non-hydrogen) atoms. The van der Waals surface area contributed by atoms with E-state index in [2.05, 4.69) is 33.4 Å². The lowest BCUT2D eigenvalue weighted by molar-refractivity contribution is -0.122. The predicted octanol–water partition coefficient (Wildman–Crippen LogP) is 4.19. The average molecular weight is 470 g/mol. The van der Waals surface area contributed by atoms with Crippen LogP contribution < -0.4 is 10.9 Å². The van der Waals surface area contributed by atoms with E-state index in [-0.39, 0.29) is 11.8 Å². The molecule has 4 nitrogen and oxygen atoms in total. The van der Waals surface area contributed by atoms with Crippen molar-refractivity contribution in [3.8, 4) is 0 Å². The summed E-state index contributed by atoms with van der Waals surface area (Å²) in [6, 6.07) is 24.4. The smallest absolute Gasteiger partial charge is 0.269 e. The number of carbonyl (C=O) groups is 2. The molecule has 0 aromatic heterocycles. The molecule has 0 aliphatic carbocycles. The number of hydrogen-bond donors (Lipinski definition) is 2. The highest BCUT2D eigenvalue weighted by Gasteiger charge is 2.23. The number of aryl methyl sites for hydroxylation is 1. The van der Waals surface area contributed by atoms with Crippen molar-refractivity contribution in [2.75, 3.05) is 0 Å². The number of carbonyl (C=O) groups excluding carboxylic acids is 2. The molecule has 0 aliphatic heterocycles. The van der Waals surface area contributed by atoms with E-state index in [4.69, 9.17) is 0 Å². The Hall–Kier alpha value is -2.67. The van der Waals surface area contributed by atoms with Gasteiger partial charge in [0.2, 0.25) is 5.91 Å². The third-order valence-electron chi connectivity index (χ3n) is 4.26. The Labute approximate surface area is 172 Å². The van der Waals surface area contributed by atoms with E-state index in [0.29, 0.717) is 5.56 Å². The minimum Gasteiger partial charge on any atom is -0.272 e. The lowest BCUT2D eigenvalue weighted by Gasteiger charge is -2.18. The van der Waals surface area contributed by atoms with E-state index in [1.807, 2.05) is 73.7 Å². The first-order valence-corrected chi connectivity index (χ1v) is 9.60. The topological polar surface area (TPSA) is 58.2 Å². The van der Waals surface area contributed by atoms with E-state index in [9.17, 15) is 9.59 Å². The van der Waals surface area contributed by atoms with Gasteiger partial charge in [0.1, 0.15) is 0 Å².